The quantitative estimate of drug-likeness (QED) is 0.862. The zero-order valence-corrected chi connectivity index (χ0v) is 10.4. The first kappa shape index (κ1) is 11.9. The lowest BCUT2D eigenvalue weighted by Gasteiger charge is -2.10. The molecular formula is C9H9Br2FO2. The third-order valence-electron chi connectivity index (χ3n) is 1.50. The monoisotopic (exact) mass is 326 g/mol. The number of hydrogen-bond donors (Lipinski definition) is 1. The summed E-state index contributed by atoms with van der Waals surface area (Å²) in [5, 5.41) is 9.65. The summed E-state index contributed by atoms with van der Waals surface area (Å²) >= 11 is 6.28. The van der Waals surface area contributed by atoms with Crippen LogP contribution >= 0.6 is 31.9 Å². The molecule has 0 saturated carbocycles. The Morgan fingerprint density at radius 1 is 1.50 bits per heavy atom. The van der Waals surface area contributed by atoms with Gasteiger partial charge in [-0.1, -0.05) is 15.9 Å². The average Bonchev–Trinajstić information content (AvgIpc) is 2.16. The van der Waals surface area contributed by atoms with Gasteiger partial charge in [0.05, 0.1) is 10.6 Å². The van der Waals surface area contributed by atoms with E-state index in [9.17, 15) is 9.50 Å². The molecule has 0 aliphatic carbocycles. The van der Waals surface area contributed by atoms with E-state index in [0.29, 0.717) is 15.6 Å². The van der Waals surface area contributed by atoms with Gasteiger partial charge >= 0.3 is 0 Å². The third-order valence-corrected chi connectivity index (χ3v) is 2.87. The summed E-state index contributed by atoms with van der Waals surface area (Å²) in [6.45, 7) is 0.176. The lowest BCUT2D eigenvalue weighted by molar-refractivity contribution is 0.127. The van der Waals surface area contributed by atoms with Crippen molar-refractivity contribution in [2.24, 2.45) is 0 Å². The van der Waals surface area contributed by atoms with Crippen molar-refractivity contribution in [3.05, 3.63) is 28.5 Å². The summed E-state index contributed by atoms with van der Waals surface area (Å²) in [5.74, 6) is 0.191. The van der Waals surface area contributed by atoms with Crippen molar-refractivity contribution in [1.82, 2.24) is 0 Å². The molecule has 0 bridgehead atoms. The fourth-order valence-electron chi connectivity index (χ4n) is 0.823. The summed E-state index contributed by atoms with van der Waals surface area (Å²) in [6.07, 6.45) is -0.563. The molecule has 0 radical (unpaired) electrons. The van der Waals surface area contributed by atoms with Crippen LogP contribution in [0.1, 0.15) is 0 Å². The van der Waals surface area contributed by atoms with Crippen LogP contribution in [0.25, 0.3) is 0 Å². The van der Waals surface area contributed by atoms with Gasteiger partial charge in [-0.15, -0.1) is 0 Å². The smallest absolute Gasteiger partial charge is 0.133 e. The van der Waals surface area contributed by atoms with Gasteiger partial charge in [0.1, 0.15) is 18.2 Å². The first-order valence-corrected chi connectivity index (χ1v) is 5.87. The molecule has 0 aromatic heterocycles. The molecule has 2 nitrogen and oxygen atoms in total. The van der Waals surface area contributed by atoms with Crippen LogP contribution in [0.2, 0.25) is 0 Å². The molecule has 1 unspecified atom stereocenters. The fourth-order valence-corrected chi connectivity index (χ4v) is 1.48. The lowest BCUT2D eigenvalue weighted by Crippen LogP contribution is -2.18. The minimum atomic E-state index is -0.563. The third kappa shape index (κ3) is 3.55. The van der Waals surface area contributed by atoms with Crippen molar-refractivity contribution in [1.29, 1.82) is 0 Å². The molecule has 0 saturated heterocycles. The maximum Gasteiger partial charge on any atom is 0.133 e. The predicted molar refractivity (Wildman–Crippen MR) is 59.4 cm³/mol. The predicted octanol–water partition coefficient (Wildman–Crippen LogP) is 2.72. The summed E-state index contributed by atoms with van der Waals surface area (Å²) in [4.78, 5) is 0. The minimum absolute atomic E-state index is 0.176. The van der Waals surface area contributed by atoms with E-state index in [-0.39, 0.29) is 12.4 Å². The lowest BCUT2D eigenvalue weighted by atomic mass is 10.3. The minimum Gasteiger partial charge on any atom is -0.490 e. The molecule has 14 heavy (non-hydrogen) atoms. The van der Waals surface area contributed by atoms with E-state index in [1.165, 1.54) is 18.2 Å². The Bertz CT molecular complexity index is 307. The summed E-state index contributed by atoms with van der Waals surface area (Å²) in [7, 11) is 0. The number of rotatable bonds is 4. The van der Waals surface area contributed by atoms with Gasteiger partial charge in [-0.25, -0.2) is 4.39 Å². The molecule has 1 aromatic rings. The number of benzene rings is 1. The number of ether oxygens (including phenoxy) is 1. The molecule has 1 N–H and O–H groups in total. The Labute approximate surface area is 98.3 Å². The van der Waals surface area contributed by atoms with Gasteiger partial charge in [-0.05, 0) is 34.1 Å². The van der Waals surface area contributed by atoms with Crippen LogP contribution < -0.4 is 4.74 Å². The molecule has 1 atom stereocenters. The highest BCUT2D eigenvalue weighted by molar-refractivity contribution is 9.10. The molecule has 0 spiro atoms. The number of halogens is 3. The highest BCUT2D eigenvalue weighted by Crippen LogP contribution is 2.25. The van der Waals surface area contributed by atoms with Crippen LogP contribution in [0.15, 0.2) is 22.7 Å². The number of hydrogen-bond acceptors (Lipinski definition) is 2. The second-order valence-corrected chi connectivity index (χ2v) is 4.20. The van der Waals surface area contributed by atoms with Crippen LogP contribution in [0, 0.1) is 5.82 Å². The fraction of sp³-hybridized carbons (Fsp3) is 0.333. The highest BCUT2D eigenvalue weighted by atomic mass is 79.9. The van der Waals surface area contributed by atoms with E-state index in [1.807, 2.05) is 0 Å². The molecule has 1 rings (SSSR count). The van der Waals surface area contributed by atoms with Crippen molar-refractivity contribution in [2.45, 2.75) is 6.10 Å². The Balaban J connectivity index is 2.59. The molecule has 1 aromatic carbocycles. The standard InChI is InChI=1S/C9H9Br2FO2/c10-4-7(13)5-14-9-2-1-6(12)3-8(9)11/h1-3,7,13H,4-5H2. The molecular weight excluding hydrogens is 319 g/mol. The molecule has 0 amide bonds. The Morgan fingerprint density at radius 3 is 2.79 bits per heavy atom. The van der Waals surface area contributed by atoms with Crippen molar-refractivity contribution >= 4 is 31.9 Å². The highest BCUT2D eigenvalue weighted by Gasteiger charge is 2.06. The van der Waals surface area contributed by atoms with Gasteiger partial charge in [0.25, 0.3) is 0 Å². The Kier molecular flexibility index (Phi) is 4.84. The van der Waals surface area contributed by atoms with Gasteiger partial charge < -0.3 is 9.84 Å². The summed E-state index contributed by atoms with van der Waals surface area (Å²) in [6, 6.07) is 4.14. The average molecular weight is 328 g/mol. The second-order valence-electron chi connectivity index (χ2n) is 2.69. The summed E-state index contributed by atoms with van der Waals surface area (Å²) < 4.78 is 18.5. The van der Waals surface area contributed by atoms with Gasteiger partial charge in [0.2, 0.25) is 0 Å². The topological polar surface area (TPSA) is 29.5 Å². The van der Waals surface area contributed by atoms with E-state index >= 15 is 0 Å². The number of aliphatic hydroxyl groups excluding tert-OH is 1. The molecule has 0 fully saturated rings. The largest absolute Gasteiger partial charge is 0.490 e. The van der Waals surface area contributed by atoms with Crippen LogP contribution in [-0.2, 0) is 0 Å². The van der Waals surface area contributed by atoms with Crippen molar-refractivity contribution in [2.75, 3.05) is 11.9 Å². The van der Waals surface area contributed by atoms with Crippen LogP contribution in [-0.4, -0.2) is 23.1 Å². The zero-order chi connectivity index (χ0) is 10.6. The molecule has 0 heterocycles. The van der Waals surface area contributed by atoms with E-state index < -0.39 is 6.10 Å². The summed E-state index contributed by atoms with van der Waals surface area (Å²) in [5.41, 5.74) is 0. The van der Waals surface area contributed by atoms with E-state index in [4.69, 9.17) is 4.74 Å². The van der Waals surface area contributed by atoms with Gasteiger partial charge in [0, 0.05) is 5.33 Å². The molecule has 0 aliphatic rings. The van der Waals surface area contributed by atoms with E-state index in [0.717, 1.165) is 0 Å². The SMILES string of the molecule is OC(CBr)COc1ccc(F)cc1Br. The first-order chi connectivity index (χ1) is 6.63. The number of alkyl halides is 1. The van der Waals surface area contributed by atoms with Gasteiger partial charge in [-0.2, -0.15) is 0 Å². The molecule has 5 heteroatoms. The zero-order valence-electron chi connectivity index (χ0n) is 7.21. The van der Waals surface area contributed by atoms with Gasteiger partial charge in [0.15, 0.2) is 0 Å². The van der Waals surface area contributed by atoms with Crippen LogP contribution in [0.5, 0.6) is 5.75 Å². The maximum atomic E-state index is 12.7. The number of aliphatic hydroxyl groups is 1. The van der Waals surface area contributed by atoms with Crippen molar-refractivity contribution in [3.63, 3.8) is 0 Å². The normalized spacial score (nSPS) is 12.6. The van der Waals surface area contributed by atoms with Crippen LogP contribution in [0.3, 0.4) is 0 Å². The Hall–Kier alpha value is -0.130. The second kappa shape index (κ2) is 5.68. The molecule has 0 aliphatic heterocycles. The first-order valence-electron chi connectivity index (χ1n) is 3.95. The Morgan fingerprint density at radius 2 is 2.21 bits per heavy atom. The van der Waals surface area contributed by atoms with E-state index in [1.54, 1.807) is 0 Å². The van der Waals surface area contributed by atoms with E-state index in [2.05, 4.69) is 31.9 Å². The van der Waals surface area contributed by atoms with Crippen molar-refractivity contribution in [3.8, 4) is 5.75 Å². The van der Waals surface area contributed by atoms with Crippen LogP contribution in [0.4, 0.5) is 4.39 Å². The maximum absolute atomic E-state index is 12.7. The molecule has 78 valence electrons. The van der Waals surface area contributed by atoms with Gasteiger partial charge in [-0.3, -0.25) is 0 Å². The van der Waals surface area contributed by atoms with Crippen molar-refractivity contribution < 1.29 is 14.2 Å².